The van der Waals surface area contributed by atoms with Crippen molar-refractivity contribution in [1.82, 2.24) is 19.9 Å². The van der Waals surface area contributed by atoms with Gasteiger partial charge in [0.15, 0.2) is 5.65 Å². The van der Waals surface area contributed by atoms with Crippen LogP contribution in [0.5, 0.6) is 0 Å². The van der Waals surface area contributed by atoms with Crippen LogP contribution in [-0.4, -0.2) is 19.9 Å². The monoisotopic (exact) mass is 180 g/mol. The van der Waals surface area contributed by atoms with Crippen molar-refractivity contribution in [2.75, 3.05) is 0 Å². The number of hydrogen-bond acceptors (Lipinski definition) is 3. The van der Waals surface area contributed by atoms with E-state index in [9.17, 15) is 4.39 Å². The highest BCUT2D eigenvalue weighted by Crippen LogP contribution is 2.18. The number of nitrogens with zero attached hydrogens (tertiary/aromatic N) is 3. The van der Waals surface area contributed by atoms with Gasteiger partial charge in [-0.2, -0.15) is 9.37 Å². The quantitative estimate of drug-likeness (QED) is 0.678. The van der Waals surface area contributed by atoms with Crippen molar-refractivity contribution in [3.05, 3.63) is 18.1 Å². The average molecular weight is 180 g/mol. The van der Waals surface area contributed by atoms with E-state index >= 15 is 0 Å². The molecule has 2 aromatic rings. The van der Waals surface area contributed by atoms with E-state index in [1.807, 2.05) is 13.8 Å². The Balaban J connectivity index is 2.75. The first-order chi connectivity index (χ1) is 6.18. The van der Waals surface area contributed by atoms with Crippen molar-refractivity contribution >= 4 is 11.2 Å². The normalized spacial score (nSPS) is 11.4. The maximum Gasteiger partial charge on any atom is 0.289 e. The molecule has 0 atom stereocenters. The van der Waals surface area contributed by atoms with Crippen LogP contribution in [-0.2, 0) is 0 Å². The molecule has 2 rings (SSSR count). The molecule has 0 aromatic carbocycles. The van der Waals surface area contributed by atoms with Crippen molar-refractivity contribution in [1.29, 1.82) is 0 Å². The van der Waals surface area contributed by atoms with Crippen LogP contribution in [0.2, 0.25) is 0 Å². The molecule has 0 aliphatic carbocycles. The van der Waals surface area contributed by atoms with E-state index in [-0.39, 0.29) is 5.92 Å². The minimum atomic E-state index is -0.614. The Morgan fingerprint density at radius 1 is 1.38 bits per heavy atom. The standard InChI is InChI=1S/C8H9FN4/c1-4(2)5-6-7(11-3-10-5)13-8(9)12-6/h3-4H,1-2H3,(H,10,11,12,13). The van der Waals surface area contributed by atoms with Gasteiger partial charge in [0.25, 0.3) is 6.08 Å². The molecule has 0 aliphatic rings. The maximum absolute atomic E-state index is 12.7. The largest absolute Gasteiger partial charge is 0.311 e. The molecule has 0 aliphatic heterocycles. The molecule has 0 amide bonds. The van der Waals surface area contributed by atoms with Gasteiger partial charge in [0, 0.05) is 0 Å². The molecule has 4 nitrogen and oxygen atoms in total. The van der Waals surface area contributed by atoms with Gasteiger partial charge in [-0.15, -0.1) is 0 Å². The molecule has 0 saturated carbocycles. The van der Waals surface area contributed by atoms with Crippen LogP contribution in [0.4, 0.5) is 4.39 Å². The number of nitrogens with one attached hydrogen (secondary N) is 1. The molecule has 5 heteroatoms. The lowest BCUT2D eigenvalue weighted by atomic mass is 10.1. The fourth-order valence-corrected chi connectivity index (χ4v) is 1.26. The number of hydrogen-bond donors (Lipinski definition) is 1. The van der Waals surface area contributed by atoms with Crippen molar-refractivity contribution in [3.63, 3.8) is 0 Å². The fraction of sp³-hybridized carbons (Fsp3) is 0.375. The molecule has 1 N–H and O–H groups in total. The molecule has 13 heavy (non-hydrogen) atoms. The third kappa shape index (κ3) is 1.26. The van der Waals surface area contributed by atoms with Crippen LogP contribution in [0.3, 0.4) is 0 Å². The van der Waals surface area contributed by atoms with Crippen molar-refractivity contribution in [2.45, 2.75) is 19.8 Å². The predicted molar refractivity (Wildman–Crippen MR) is 45.7 cm³/mol. The van der Waals surface area contributed by atoms with Crippen LogP contribution in [0.1, 0.15) is 25.5 Å². The molecule has 0 saturated heterocycles. The Kier molecular flexibility index (Phi) is 1.72. The summed E-state index contributed by atoms with van der Waals surface area (Å²) in [4.78, 5) is 14.0. The van der Waals surface area contributed by atoms with E-state index in [0.717, 1.165) is 5.69 Å². The number of H-pyrrole nitrogens is 1. The second-order valence-electron chi connectivity index (χ2n) is 3.14. The second kappa shape index (κ2) is 2.76. The summed E-state index contributed by atoms with van der Waals surface area (Å²) in [6.45, 7) is 3.97. The number of aromatic nitrogens is 4. The SMILES string of the molecule is CC(C)c1ncnc2nc(F)[nH]c12. The summed E-state index contributed by atoms with van der Waals surface area (Å²) in [5, 5.41) is 0. The average Bonchev–Trinajstić information content (AvgIpc) is 2.43. The fourth-order valence-electron chi connectivity index (χ4n) is 1.26. The summed E-state index contributed by atoms with van der Waals surface area (Å²) in [7, 11) is 0. The first-order valence-corrected chi connectivity index (χ1v) is 4.04. The topological polar surface area (TPSA) is 54.5 Å². The maximum atomic E-state index is 12.7. The zero-order valence-corrected chi connectivity index (χ0v) is 7.37. The molecule has 0 fully saturated rings. The molecule has 2 aromatic heterocycles. The van der Waals surface area contributed by atoms with Crippen molar-refractivity contribution in [2.24, 2.45) is 0 Å². The smallest absolute Gasteiger partial charge is 0.289 e. The second-order valence-corrected chi connectivity index (χ2v) is 3.14. The Morgan fingerprint density at radius 3 is 2.85 bits per heavy atom. The summed E-state index contributed by atoms with van der Waals surface area (Å²) in [5.74, 6) is 0.227. The lowest BCUT2D eigenvalue weighted by molar-refractivity contribution is 0.555. The zero-order chi connectivity index (χ0) is 9.42. The van der Waals surface area contributed by atoms with Crippen LogP contribution < -0.4 is 0 Å². The Morgan fingerprint density at radius 2 is 2.15 bits per heavy atom. The number of imidazole rings is 1. The predicted octanol–water partition coefficient (Wildman–Crippen LogP) is 1.62. The lowest BCUT2D eigenvalue weighted by Gasteiger charge is -2.02. The molecule has 0 radical (unpaired) electrons. The van der Waals surface area contributed by atoms with Crippen LogP contribution in [0, 0.1) is 6.08 Å². The van der Waals surface area contributed by atoms with E-state index in [0.29, 0.717) is 11.2 Å². The van der Waals surface area contributed by atoms with Gasteiger partial charge in [-0.3, -0.25) is 0 Å². The first kappa shape index (κ1) is 8.10. The molecule has 2 heterocycles. The summed E-state index contributed by atoms with van der Waals surface area (Å²) < 4.78 is 12.7. The third-order valence-corrected chi connectivity index (χ3v) is 1.84. The van der Waals surface area contributed by atoms with E-state index in [1.54, 1.807) is 0 Å². The highest BCUT2D eigenvalue weighted by atomic mass is 19.1. The molecule has 0 unspecified atom stereocenters. The molecular formula is C8H9FN4. The number of halogens is 1. The van der Waals surface area contributed by atoms with E-state index in [1.165, 1.54) is 6.33 Å². The van der Waals surface area contributed by atoms with Gasteiger partial charge < -0.3 is 4.98 Å². The van der Waals surface area contributed by atoms with Gasteiger partial charge in [-0.05, 0) is 5.92 Å². The molecule has 0 spiro atoms. The highest BCUT2D eigenvalue weighted by Gasteiger charge is 2.11. The summed E-state index contributed by atoms with van der Waals surface area (Å²) in [6, 6.07) is 0. The summed E-state index contributed by atoms with van der Waals surface area (Å²) in [5.41, 5.74) is 1.77. The Labute approximate surface area is 74.2 Å². The molecular weight excluding hydrogens is 171 g/mol. The van der Waals surface area contributed by atoms with Crippen molar-refractivity contribution < 1.29 is 4.39 Å². The lowest BCUT2D eigenvalue weighted by Crippen LogP contribution is -1.94. The van der Waals surface area contributed by atoms with Crippen LogP contribution in [0.15, 0.2) is 6.33 Å². The van der Waals surface area contributed by atoms with Crippen LogP contribution in [0.25, 0.3) is 11.2 Å². The highest BCUT2D eigenvalue weighted by molar-refractivity contribution is 5.72. The first-order valence-electron chi connectivity index (χ1n) is 4.04. The van der Waals surface area contributed by atoms with E-state index in [4.69, 9.17) is 0 Å². The van der Waals surface area contributed by atoms with Crippen LogP contribution >= 0.6 is 0 Å². The van der Waals surface area contributed by atoms with Gasteiger partial charge in [0.1, 0.15) is 11.8 Å². The summed E-state index contributed by atoms with van der Waals surface area (Å²) >= 11 is 0. The number of fused-ring (bicyclic) bond motifs is 1. The Hall–Kier alpha value is -1.52. The van der Waals surface area contributed by atoms with Gasteiger partial charge in [-0.25, -0.2) is 9.97 Å². The van der Waals surface area contributed by atoms with Crippen molar-refractivity contribution in [3.8, 4) is 0 Å². The van der Waals surface area contributed by atoms with Gasteiger partial charge in [0.2, 0.25) is 0 Å². The Bertz CT molecular complexity index is 435. The summed E-state index contributed by atoms with van der Waals surface area (Å²) in [6.07, 6.45) is 0.787. The minimum Gasteiger partial charge on any atom is -0.311 e. The third-order valence-electron chi connectivity index (χ3n) is 1.84. The van der Waals surface area contributed by atoms with Gasteiger partial charge in [-0.1, -0.05) is 13.8 Å². The number of aromatic amines is 1. The van der Waals surface area contributed by atoms with E-state index < -0.39 is 6.08 Å². The molecule has 0 bridgehead atoms. The minimum absolute atomic E-state index is 0.227. The van der Waals surface area contributed by atoms with Gasteiger partial charge in [0.05, 0.1) is 5.69 Å². The zero-order valence-electron chi connectivity index (χ0n) is 7.37. The van der Waals surface area contributed by atoms with Gasteiger partial charge >= 0.3 is 0 Å². The number of rotatable bonds is 1. The molecule has 68 valence electrons. The van der Waals surface area contributed by atoms with E-state index in [2.05, 4.69) is 19.9 Å².